The summed E-state index contributed by atoms with van der Waals surface area (Å²) in [7, 11) is 3.94. The van der Waals surface area contributed by atoms with Crippen LogP contribution in [0, 0.1) is 14.9 Å². The van der Waals surface area contributed by atoms with Gasteiger partial charge in [-0.3, -0.25) is 0 Å². The number of hydrogen-bond donors (Lipinski definition) is 0. The average molecular weight is 521 g/mol. The van der Waals surface area contributed by atoms with E-state index in [2.05, 4.69) is 54.5 Å². The molecule has 2 aromatic heterocycles. The molecular formula is C26H32N8S2. The van der Waals surface area contributed by atoms with Gasteiger partial charge in [-0.2, -0.15) is 0 Å². The standard InChI is InChI=1S/C24H26N8S2.2CH3/c1-29-15-17-33-23(29)27-25-19-3-7-21(8-4-19)31-11-13-32(14-12-31)22-9-5-20(6-10-22)26-28-24-30(2)16-18-34-24;;/h3-10,15-18H,11-14H2,1-2H3;2*1H3/q+2;2*-1. The molecule has 10 heteroatoms. The van der Waals surface area contributed by atoms with Gasteiger partial charge in [0.1, 0.15) is 23.8 Å². The molecule has 0 amide bonds. The van der Waals surface area contributed by atoms with E-state index in [1.54, 1.807) is 22.7 Å². The number of piperazine rings is 1. The van der Waals surface area contributed by atoms with Crippen LogP contribution >= 0.6 is 22.7 Å². The smallest absolute Gasteiger partial charge is 0.368 e. The fourth-order valence-electron chi connectivity index (χ4n) is 3.73. The first kappa shape index (κ1) is 27.1. The van der Waals surface area contributed by atoms with E-state index in [0.717, 1.165) is 47.8 Å². The molecule has 0 saturated carbocycles. The van der Waals surface area contributed by atoms with Crippen molar-refractivity contribution >= 4 is 55.7 Å². The SMILES string of the molecule is C[n+]1ccsc1N=Nc1ccc(N2CCN(c3ccc(N=Nc4scc[n+]4C)cc3)CC2)cc1.[CH3-].[CH3-]. The van der Waals surface area contributed by atoms with Crippen molar-refractivity contribution in [3.05, 3.63) is 86.5 Å². The van der Waals surface area contributed by atoms with Crippen molar-refractivity contribution in [2.45, 2.75) is 0 Å². The summed E-state index contributed by atoms with van der Waals surface area (Å²) < 4.78 is 3.93. The highest BCUT2D eigenvalue weighted by atomic mass is 32.1. The van der Waals surface area contributed by atoms with Crippen LogP contribution < -0.4 is 18.9 Å². The van der Waals surface area contributed by atoms with Crippen LogP contribution in [-0.2, 0) is 14.1 Å². The van der Waals surface area contributed by atoms with Crippen molar-refractivity contribution in [1.82, 2.24) is 0 Å². The number of anilines is 2. The number of azo groups is 2. The van der Waals surface area contributed by atoms with Gasteiger partial charge in [0, 0.05) is 48.3 Å². The lowest BCUT2D eigenvalue weighted by Gasteiger charge is -2.37. The van der Waals surface area contributed by atoms with Gasteiger partial charge < -0.3 is 24.7 Å². The van der Waals surface area contributed by atoms with E-state index >= 15 is 0 Å². The molecule has 188 valence electrons. The largest absolute Gasteiger partial charge is 0.408 e. The Morgan fingerprint density at radius 2 is 0.944 bits per heavy atom. The first-order valence-corrected chi connectivity index (χ1v) is 12.8. The van der Waals surface area contributed by atoms with Crippen molar-refractivity contribution in [2.24, 2.45) is 34.6 Å². The van der Waals surface area contributed by atoms with E-state index < -0.39 is 0 Å². The third-order valence-corrected chi connectivity index (χ3v) is 7.41. The molecule has 3 heterocycles. The van der Waals surface area contributed by atoms with Crippen molar-refractivity contribution in [3.8, 4) is 0 Å². The molecule has 0 bridgehead atoms. The lowest BCUT2D eigenvalue weighted by atomic mass is 10.2. The van der Waals surface area contributed by atoms with E-state index in [4.69, 9.17) is 0 Å². The highest BCUT2D eigenvalue weighted by molar-refractivity contribution is 7.13. The van der Waals surface area contributed by atoms with Gasteiger partial charge in [-0.05, 0) is 81.4 Å². The Bertz CT molecular complexity index is 1180. The fourth-order valence-corrected chi connectivity index (χ4v) is 5.09. The second kappa shape index (κ2) is 12.5. The summed E-state index contributed by atoms with van der Waals surface area (Å²) in [5, 5.41) is 23.1. The van der Waals surface area contributed by atoms with Gasteiger partial charge in [-0.25, -0.2) is 9.13 Å². The van der Waals surface area contributed by atoms with Crippen LogP contribution in [0.2, 0.25) is 0 Å². The first-order valence-electron chi connectivity index (χ1n) is 11.1. The molecule has 36 heavy (non-hydrogen) atoms. The molecular weight excluding hydrogens is 488 g/mol. The molecule has 1 fully saturated rings. The number of aryl methyl sites for hydroxylation is 2. The van der Waals surface area contributed by atoms with Gasteiger partial charge in [0.2, 0.25) is 0 Å². The molecule has 0 spiro atoms. The lowest BCUT2D eigenvalue weighted by molar-refractivity contribution is -0.654. The summed E-state index contributed by atoms with van der Waals surface area (Å²) in [6, 6.07) is 16.6. The number of hydrogen-bond acceptors (Lipinski definition) is 8. The molecule has 5 rings (SSSR count). The molecule has 1 aliphatic rings. The second-order valence-corrected chi connectivity index (χ2v) is 9.75. The number of benzene rings is 2. The highest BCUT2D eigenvalue weighted by Gasteiger charge is 2.18. The summed E-state index contributed by atoms with van der Waals surface area (Å²) >= 11 is 3.15. The highest BCUT2D eigenvalue weighted by Crippen LogP contribution is 2.26. The van der Waals surface area contributed by atoms with Crippen LogP contribution in [0.25, 0.3) is 0 Å². The number of thiazole rings is 2. The van der Waals surface area contributed by atoms with Crippen LogP contribution in [0.1, 0.15) is 0 Å². The molecule has 0 atom stereocenters. The molecule has 1 saturated heterocycles. The number of rotatable bonds is 6. The Hall–Kier alpha value is -3.50. The Morgan fingerprint density at radius 1 is 0.583 bits per heavy atom. The summed E-state index contributed by atoms with van der Waals surface area (Å²) in [5.74, 6) is 0. The Morgan fingerprint density at radius 3 is 1.25 bits per heavy atom. The topological polar surface area (TPSA) is 63.7 Å². The van der Waals surface area contributed by atoms with Crippen LogP contribution in [0.4, 0.5) is 33.0 Å². The molecule has 1 aliphatic heterocycles. The van der Waals surface area contributed by atoms with Gasteiger partial charge in [0.15, 0.2) is 0 Å². The predicted molar refractivity (Wildman–Crippen MR) is 149 cm³/mol. The van der Waals surface area contributed by atoms with Crippen molar-refractivity contribution in [1.29, 1.82) is 0 Å². The zero-order valence-corrected chi connectivity index (χ0v) is 22.8. The summed E-state index contributed by atoms with van der Waals surface area (Å²) in [4.78, 5) is 4.83. The Labute approximate surface area is 221 Å². The number of aromatic nitrogens is 2. The molecule has 2 aromatic carbocycles. The van der Waals surface area contributed by atoms with E-state index in [-0.39, 0.29) is 14.9 Å². The Kier molecular flexibility index (Phi) is 9.38. The van der Waals surface area contributed by atoms with Gasteiger partial charge >= 0.3 is 10.3 Å². The third kappa shape index (κ3) is 6.38. The minimum atomic E-state index is 0. The van der Waals surface area contributed by atoms with Crippen LogP contribution in [0.3, 0.4) is 0 Å². The van der Waals surface area contributed by atoms with E-state index in [1.165, 1.54) is 11.4 Å². The molecule has 0 unspecified atom stereocenters. The zero-order chi connectivity index (χ0) is 23.3. The van der Waals surface area contributed by atoms with Gasteiger partial charge in [-0.1, -0.05) is 0 Å². The predicted octanol–water partition coefficient (Wildman–Crippen LogP) is 6.52. The maximum absolute atomic E-state index is 4.36. The minimum absolute atomic E-state index is 0. The molecule has 8 nitrogen and oxygen atoms in total. The maximum atomic E-state index is 4.36. The van der Waals surface area contributed by atoms with Crippen molar-refractivity contribution in [2.75, 3.05) is 36.0 Å². The molecule has 0 N–H and O–H groups in total. The maximum Gasteiger partial charge on any atom is 0.408 e. The molecule has 0 radical (unpaired) electrons. The van der Waals surface area contributed by atoms with Crippen LogP contribution in [-0.4, -0.2) is 26.2 Å². The van der Waals surface area contributed by atoms with Crippen LogP contribution in [0.5, 0.6) is 0 Å². The fraction of sp³-hybridized carbons (Fsp3) is 0.231. The summed E-state index contributed by atoms with van der Waals surface area (Å²) in [6.45, 7) is 3.90. The molecule has 0 aliphatic carbocycles. The lowest BCUT2D eigenvalue weighted by Crippen LogP contribution is -2.46. The van der Waals surface area contributed by atoms with E-state index in [1.807, 2.05) is 70.6 Å². The Balaban J connectivity index is 0.00000180. The van der Waals surface area contributed by atoms with Crippen LogP contribution in [0.15, 0.2) is 92.1 Å². The normalized spacial score (nSPS) is 13.7. The number of nitrogens with zero attached hydrogens (tertiary/aromatic N) is 8. The van der Waals surface area contributed by atoms with Crippen molar-refractivity contribution < 1.29 is 9.13 Å². The summed E-state index contributed by atoms with van der Waals surface area (Å²) in [6.07, 6.45) is 3.96. The minimum Gasteiger partial charge on any atom is -0.368 e. The average Bonchev–Trinajstić information content (AvgIpc) is 3.49. The van der Waals surface area contributed by atoms with Gasteiger partial charge in [0.25, 0.3) is 0 Å². The zero-order valence-electron chi connectivity index (χ0n) is 21.2. The quantitative estimate of drug-likeness (QED) is 0.165. The molecule has 4 aromatic rings. The van der Waals surface area contributed by atoms with Gasteiger partial charge in [0.05, 0.1) is 24.3 Å². The van der Waals surface area contributed by atoms with E-state index in [0.29, 0.717) is 0 Å². The van der Waals surface area contributed by atoms with Crippen molar-refractivity contribution in [3.63, 3.8) is 0 Å². The monoisotopic (exact) mass is 520 g/mol. The first-order chi connectivity index (χ1) is 16.7. The van der Waals surface area contributed by atoms with E-state index in [9.17, 15) is 0 Å². The van der Waals surface area contributed by atoms with Gasteiger partial charge in [-0.15, -0.1) is 0 Å². The second-order valence-electron chi connectivity index (χ2n) is 8.00. The third-order valence-electron chi connectivity index (χ3n) is 5.73. The summed E-state index contributed by atoms with van der Waals surface area (Å²) in [5.41, 5.74) is 4.16.